The Morgan fingerprint density at radius 3 is 2.74 bits per heavy atom. The molecule has 0 N–H and O–H groups in total. The minimum Gasteiger partial charge on any atom is -0.485 e. The van der Waals surface area contributed by atoms with E-state index in [4.69, 9.17) is 18.5 Å². The highest BCUT2D eigenvalue weighted by atomic mass is 16.6. The lowest BCUT2D eigenvalue weighted by molar-refractivity contribution is -0.00588. The van der Waals surface area contributed by atoms with E-state index in [9.17, 15) is 0 Å². The third-order valence-corrected chi connectivity index (χ3v) is 3.64. The number of fused-ring (bicyclic) bond motifs is 1. The summed E-state index contributed by atoms with van der Waals surface area (Å²) >= 11 is 0. The highest BCUT2D eigenvalue weighted by molar-refractivity contribution is 5.41. The van der Waals surface area contributed by atoms with Crippen LogP contribution in [0.4, 0.5) is 0 Å². The largest absolute Gasteiger partial charge is 0.485 e. The SMILES string of the molecule is Cc1cc(Cc2nc(C3(C)COc4ccccc4O3)no2)no1. The Hall–Kier alpha value is -2.83. The number of aryl methyl sites for hydroxylation is 1. The second kappa shape index (κ2) is 5.12. The Kier molecular flexibility index (Phi) is 3.07. The summed E-state index contributed by atoms with van der Waals surface area (Å²) in [5, 5.41) is 7.96. The van der Waals surface area contributed by atoms with Crippen LogP contribution in [0.15, 0.2) is 39.4 Å². The van der Waals surface area contributed by atoms with Crippen LogP contribution in [0.25, 0.3) is 0 Å². The highest BCUT2D eigenvalue weighted by Gasteiger charge is 2.39. The average Bonchev–Trinajstić information content (AvgIpc) is 3.17. The van der Waals surface area contributed by atoms with Gasteiger partial charge in [0.1, 0.15) is 12.4 Å². The zero-order chi connectivity index (χ0) is 15.9. The topological polar surface area (TPSA) is 83.4 Å². The molecule has 118 valence electrons. The number of rotatable bonds is 3. The van der Waals surface area contributed by atoms with Crippen LogP contribution in [-0.2, 0) is 12.0 Å². The van der Waals surface area contributed by atoms with Crippen molar-refractivity contribution in [3.8, 4) is 11.5 Å². The van der Waals surface area contributed by atoms with Gasteiger partial charge in [0, 0.05) is 6.07 Å². The first kappa shape index (κ1) is 13.8. The third kappa shape index (κ3) is 2.54. The van der Waals surface area contributed by atoms with Crippen LogP contribution in [-0.4, -0.2) is 21.9 Å². The smallest absolute Gasteiger partial charge is 0.232 e. The first-order valence-electron chi connectivity index (χ1n) is 7.28. The summed E-state index contributed by atoms with van der Waals surface area (Å²) in [5.41, 5.74) is -0.0513. The summed E-state index contributed by atoms with van der Waals surface area (Å²) in [4.78, 5) is 4.42. The van der Waals surface area contributed by atoms with E-state index in [0.717, 1.165) is 11.5 Å². The highest BCUT2D eigenvalue weighted by Crippen LogP contribution is 2.38. The first-order chi connectivity index (χ1) is 11.1. The minimum atomic E-state index is -0.796. The standard InChI is InChI=1S/C16H15N3O4/c1-10-7-11(18-22-10)8-14-17-15(19-23-14)16(2)9-20-12-5-3-4-6-13(12)21-16/h3-7H,8-9H2,1-2H3. The van der Waals surface area contributed by atoms with Gasteiger partial charge in [0.25, 0.3) is 0 Å². The Morgan fingerprint density at radius 2 is 1.96 bits per heavy atom. The second-order valence-corrected chi connectivity index (χ2v) is 5.69. The number of benzene rings is 1. The number of nitrogens with zero attached hydrogens (tertiary/aromatic N) is 3. The molecule has 0 amide bonds. The van der Waals surface area contributed by atoms with Crippen LogP contribution >= 0.6 is 0 Å². The van der Waals surface area contributed by atoms with Crippen LogP contribution in [0.1, 0.15) is 30.1 Å². The van der Waals surface area contributed by atoms with Crippen molar-refractivity contribution >= 4 is 0 Å². The molecule has 0 aliphatic carbocycles. The van der Waals surface area contributed by atoms with E-state index >= 15 is 0 Å². The monoisotopic (exact) mass is 313 g/mol. The van der Waals surface area contributed by atoms with Crippen molar-refractivity contribution in [2.75, 3.05) is 6.61 Å². The predicted octanol–water partition coefficient (Wildman–Crippen LogP) is 2.64. The average molecular weight is 313 g/mol. The molecule has 7 heteroatoms. The van der Waals surface area contributed by atoms with E-state index in [1.807, 2.05) is 44.2 Å². The number of hydrogen-bond donors (Lipinski definition) is 0. The molecule has 1 unspecified atom stereocenters. The molecule has 4 rings (SSSR count). The molecule has 3 heterocycles. The molecule has 0 bridgehead atoms. The summed E-state index contributed by atoms with van der Waals surface area (Å²) in [5.74, 6) is 3.03. The van der Waals surface area contributed by atoms with Gasteiger partial charge >= 0.3 is 0 Å². The maximum absolute atomic E-state index is 6.03. The van der Waals surface area contributed by atoms with Crippen molar-refractivity contribution in [2.45, 2.75) is 25.9 Å². The summed E-state index contributed by atoms with van der Waals surface area (Å²) in [6.07, 6.45) is 0.415. The van der Waals surface area contributed by atoms with Gasteiger partial charge < -0.3 is 18.5 Å². The second-order valence-electron chi connectivity index (χ2n) is 5.69. The normalized spacial score (nSPS) is 19.7. The van der Waals surface area contributed by atoms with E-state index in [1.165, 1.54) is 0 Å². The fourth-order valence-electron chi connectivity index (χ4n) is 2.45. The van der Waals surface area contributed by atoms with Crippen LogP contribution < -0.4 is 9.47 Å². The van der Waals surface area contributed by atoms with Gasteiger partial charge in [-0.2, -0.15) is 4.98 Å². The van der Waals surface area contributed by atoms with Crippen LogP contribution in [0.5, 0.6) is 11.5 Å². The lowest BCUT2D eigenvalue weighted by atomic mass is 10.1. The molecule has 23 heavy (non-hydrogen) atoms. The third-order valence-electron chi connectivity index (χ3n) is 3.64. The predicted molar refractivity (Wildman–Crippen MR) is 78.3 cm³/mol. The van der Waals surface area contributed by atoms with Gasteiger partial charge in [0.05, 0.1) is 12.1 Å². The molecule has 0 spiro atoms. The maximum Gasteiger partial charge on any atom is 0.232 e. The fourth-order valence-corrected chi connectivity index (χ4v) is 2.45. The van der Waals surface area contributed by atoms with Crippen molar-refractivity contribution in [1.29, 1.82) is 0 Å². The summed E-state index contributed by atoms with van der Waals surface area (Å²) in [6.45, 7) is 4.02. The maximum atomic E-state index is 6.03. The van der Waals surface area contributed by atoms with E-state index in [-0.39, 0.29) is 0 Å². The van der Waals surface area contributed by atoms with Crippen molar-refractivity contribution in [3.05, 3.63) is 53.5 Å². The molecule has 0 radical (unpaired) electrons. The van der Waals surface area contributed by atoms with Crippen LogP contribution in [0, 0.1) is 6.92 Å². The summed E-state index contributed by atoms with van der Waals surface area (Å²) in [7, 11) is 0. The number of para-hydroxylation sites is 2. The molecule has 0 saturated carbocycles. The van der Waals surface area contributed by atoms with Gasteiger partial charge in [-0.3, -0.25) is 0 Å². The van der Waals surface area contributed by atoms with E-state index in [1.54, 1.807) is 0 Å². The molecule has 1 atom stereocenters. The molecule has 1 aliphatic heterocycles. The van der Waals surface area contributed by atoms with Gasteiger partial charge in [-0.25, -0.2) is 0 Å². The molecule has 7 nitrogen and oxygen atoms in total. The van der Waals surface area contributed by atoms with Gasteiger partial charge in [-0.1, -0.05) is 22.4 Å². The molecular weight excluding hydrogens is 298 g/mol. The van der Waals surface area contributed by atoms with E-state index in [2.05, 4.69) is 15.3 Å². The number of aromatic nitrogens is 3. The Morgan fingerprint density at radius 1 is 1.13 bits per heavy atom. The van der Waals surface area contributed by atoms with Gasteiger partial charge in [0.15, 0.2) is 11.5 Å². The Bertz CT molecular complexity index is 841. The molecule has 2 aromatic heterocycles. The molecule has 3 aromatic rings. The van der Waals surface area contributed by atoms with Crippen LogP contribution in [0.3, 0.4) is 0 Å². The lowest BCUT2D eigenvalue weighted by Crippen LogP contribution is -2.40. The molecule has 1 aromatic carbocycles. The Balaban J connectivity index is 1.57. The zero-order valence-electron chi connectivity index (χ0n) is 12.8. The Labute approximate surface area is 132 Å². The van der Waals surface area contributed by atoms with E-state index in [0.29, 0.717) is 36.2 Å². The van der Waals surface area contributed by atoms with Crippen LogP contribution in [0.2, 0.25) is 0 Å². The van der Waals surface area contributed by atoms with Crippen molar-refractivity contribution < 1.29 is 18.5 Å². The van der Waals surface area contributed by atoms with E-state index < -0.39 is 5.60 Å². The quantitative estimate of drug-likeness (QED) is 0.735. The van der Waals surface area contributed by atoms with Crippen molar-refractivity contribution in [3.63, 3.8) is 0 Å². The van der Waals surface area contributed by atoms with Crippen molar-refractivity contribution in [1.82, 2.24) is 15.3 Å². The number of hydrogen-bond acceptors (Lipinski definition) is 7. The molecular formula is C16H15N3O4. The molecule has 0 saturated heterocycles. The van der Waals surface area contributed by atoms with Gasteiger partial charge in [-0.05, 0) is 26.0 Å². The summed E-state index contributed by atoms with van der Waals surface area (Å²) in [6, 6.07) is 9.34. The molecule has 0 fully saturated rings. The van der Waals surface area contributed by atoms with Gasteiger partial charge in [0.2, 0.25) is 17.3 Å². The van der Waals surface area contributed by atoms with Crippen molar-refractivity contribution in [2.24, 2.45) is 0 Å². The zero-order valence-corrected chi connectivity index (χ0v) is 12.8. The fraction of sp³-hybridized carbons (Fsp3) is 0.312. The minimum absolute atomic E-state index is 0.312. The summed E-state index contributed by atoms with van der Waals surface area (Å²) < 4.78 is 22.1. The number of ether oxygens (including phenoxy) is 2. The molecule has 1 aliphatic rings. The first-order valence-corrected chi connectivity index (χ1v) is 7.28. The lowest BCUT2D eigenvalue weighted by Gasteiger charge is -2.32. The van der Waals surface area contributed by atoms with Gasteiger partial charge in [-0.15, -0.1) is 0 Å².